The van der Waals surface area contributed by atoms with Gasteiger partial charge >= 0.3 is 0 Å². The summed E-state index contributed by atoms with van der Waals surface area (Å²) >= 11 is 0. The molecule has 3 aromatic carbocycles. The van der Waals surface area contributed by atoms with Gasteiger partial charge in [-0.3, -0.25) is 0 Å². The van der Waals surface area contributed by atoms with E-state index >= 15 is 0 Å². The molecule has 0 N–H and O–H groups in total. The zero-order valence-electron chi connectivity index (χ0n) is 11.5. The quantitative estimate of drug-likeness (QED) is 0.619. The number of fused-ring (bicyclic) bond motifs is 3. The lowest BCUT2D eigenvalue weighted by Crippen LogP contribution is -1.99. The Morgan fingerprint density at radius 3 is 2.14 bits per heavy atom. The molecule has 1 nitrogen and oxygen atoms in total. The van der Waals surface area contributed by atoms with Crippen molar-refractivity contribution < 1.29 is 4.79 Å². The second-order valence-corrected chi connectivity index (χ2v) is 5.33. The predicted octanol–water partition coefficient (Wildman–Crippen LogP) is 4.66. The van der Waals surface area contributed by atoms with Crippen LogP contribution in [0.25, 0.3) is 22.3 Å². The van der Waals surface area contributed by atoms with Gasteiger partial charge in [0.1, 0.15) is 6.29 Å². The van der Waals surface area contributed by atoms with Crippen molar-refractivity contribution in [2.24, 2.45) is 0 Å². The molecule has 0 saturated carbocycles. The van der Waals surface area contributed by atoms with Crippen LogP contribution in [-0.4, -0.2) is 6.29 Å². The number of rotatable bonds is 2. The fraction of sp³-hybridized carbons (Fsp3) is 0.0500. The Kier molecular flexibility index (Phi) is 2.71. The summed E-state index contributed by atoms with van der Waals surface area (Å²) in [5.41, 5.74) is 6.94. The molecule has 4 rings (SSSR count). The summed E-state index contributed by atoms with van der Waals surface area (Å²) in [4.78, 5) is 11.7. The van der Waals surface area contributed by atoms with E-state index in [4.69, 9.17) is 0 Å². The number of hydrogen-bond acceptors (Lipinski definition) is 1. The third-order valence-electron chi connectivity index (χ3n) is 4.22. The van der Waals surface area contributed by atoms with E-state index in [2.05, 4.69) is 42.5 Å². The van der Waals surface area contributed by atoms with Crippen LogP contribution < -0.4 is 0 Å². The fourth-order valence-electron chi connectivity index (χ4n) is 3.31. The molecule has 0 spiro atoms. The van der Waals surface area contributed by atoms with E-state index < -0.39 is 0 Å². The van der Waals surface area contributed by atoms with Crippen molar-refractivity contribution in [3.8, 4) is 22.3 Å². The SMILES string of the molecule is O=CC1c2ccccc2-c2cccc(-c3ccccc3)c21. The van der Waals surface area contributed by atoms with Gasteiger partial charge in [0.15, 0.2) is 0 Å². The van der Waals surface area contributed by atoms with Crippen LogP contribution in [0.2, 0.25) is 0 Å². The second-order valence-electron chi connectivity index (χ2n) is 5.33. The van der Waals surface area contributed by atoms with Crippen LogP contribution in [0.4, 0.5) is 0 Å². The lowest BCUT2D eigenvalue weighted by Gasteiger charge is -2.12. The molecule has 3 aromatic rings. The maximum absolute atomic E-state index is 11.7. The first-order valence-electron chi connectivity index (χ1n) is 7.13. The van der Waals surface area contributed by atoms with Crippen LogP contribution in [0.15, 0.2) is 72.8 Å². The van der Waals surface area contributed by atoms with Crippen molar-refractivity contribution in [2.75, 3.05) is 0 Å². The largest absolute Gasteiger partial charge is 0.302 e. The molecule has 1 aliphatic carbocycles. The summed E-state index contributed by atoms with van der Waals surface area (Å²) < 4.78 is 0. The summed E-state index contributed by atoms with van der Waals surface area (Å²) in [5, 5.41) is 0. The summed E-state index contributed by atoms with van der Waals surface area (Å²) in [6, 6.07) is 24.8. The van der Waals surface area contributed by atoms with Gasteiger partial charge < -0.3 is 4.79 Å². The van der Waals surface area contributed by atoms with Crippen LogP contribution >= 0.6 is 0 Å². The molecule has 1 heteroatoms. The molecule has 21 heavy (non-hydrogen) atoms. The topological polar surface area (TPSA) is 17.1 Å². The minimum absolute atomic E-state index is 0.160. The highest BCUT2D eigenvalue weighted by Crippen LogP contribution is 2.47. The standard InChI is InChI=1S/C20H14O/c21-13-19-17-10-5-4-9-16(17)18-12-6-11-15(20(18)19)14-7-2-1-3-8-14/h1-13,19H. The smallest absolute Gasteiger partial charge is 0.131 e. The number of hydrogen-bond donors (Lipinski definition) is 0. The van der Waals surface area contributed by atoms with Gasteiger partial charge in [0, 0.05) is 0 Å². The van der Waals surface area contributed by atoms with Crippen molar-refractivity contribution in [3.05, 3.63) is 83.9 Å². The number of carbonyl (C=O) groups is 1. The lowest BCUT2D eigenvalue weighted by molar-refractivity contribution is -0.108. The lowest BCUT2D eigenvalue weighted by atomic mass is 9.90. The normalized spacial score (nSPS) is 15.3. The highest BCUT2D eigenvalue weighted by Gasteiger charge is 2.30. The molecule has 0 aliphatic heterocycles. The monoisotopic (exact) mass is 270 g/mol. The zero-order valence-corrected chi connectivity index (χ0v) is 11.5. The Labute approximate surface area is 123 Å². The minimum atomic E-state index is -0.160. The van der Waals surface area contributed by atoms with Gasteiger partial charge in [-0.2, -0.15) is 0 Å². The highest BCUT2D eigenvalue weighted by atomic mass is 16.1. The molecule has 0 saturated heterocycles. The molecule has 1 atom stereocenters. The zero-order chi connectivity index (χ0) is 14.2. The van der Waals surface area contributed by atoms with Crippen LogP contribution in [-0.2, 0) is 4.79 Å². The first kappa shape index (κ1) is 12.1. The number of aldehydes is 1. The summed E-state index contributed by atoms with van der Waals surface area (Å²) in [7, 11) is 0. The highest BCUT2D eigenvalue weighted by molar-refractivity contribution is 5.93. The van der Waals surface area contributed by atoms with E-state index in [0.29, 0.717) is 0 Å². The average molecular weight is 270 g/mol. The van der Waals surface area contributed by atoms with Gasteiger partial charge in [-0.15, -0.1) is 0 Å². The molecule has 0 radical (unpaired) electrons. The van der Waals surface area contributed by atoms with Gasteiger partial charge in [0.25, 0.3) is 0 Å². The molecule has 100 valence electrons. The molecule has 0 heterocycles. The molecular weight excluding hydrogens is 256 g/mol. The summed E-state index contributed by atoms with van der Waals surface area (Å²) in [6.45, 7) is 0. The Bertz CT molecular complexity index is 818. The average Bonchev–Trinajstić information content (AvgIpc) is 2.89. The van der Waals surface area contributed by atoms with E-state index in [9.17, 15) is 4.79 Å². The molecule has 0 fully saturated rings. The van der Waals surface area contributed by atoms with Gasteiger partial charge in [0.2, 0.25) is 0 Å². The van der Waals surface area contributed by atoms with Crippen LogP contribution in [0, 0.1) is 0 Å². The minimum Gasteiger partial charge on any atom is -0.302 e. The van der Waals surface area contributed by atoms with E-state index in [1.165, 1.54) is 11.1 Å². The first-order valence-corrected chi connectivity index (χ1v) is 7.13. The molecule has 0 aromatic heterocycles. The Balaban J connectivity index is 2.03. The van der Waals surface area contributed by atoms with Crippen molar-refractivity contribution in [1.29, 1.82) is 0 Å². The van der Waals surface area contributed by atoms with E-state index in [1.54, 1.807) is 0 Å². The number of benzene rings is 3. The van der Waals surface area contributed by atoms with Crippen molar-refractivity contribution in [1.82, 2.24) is 0 Å². The summed E-state index contributed by atoms with van der Waals surface area (Å²) in [6.07, 6.45) is 1.07. The molecule has 1 aliphatic rings. The van der Waals surface area contributed by atoms with Crippen molar-refractivity contribution >= 4 is 6.29 Å². The maximum Gasteiger partial charge on any atom is 0.131 e. The van der Waals surface area contributed by atoms with Crippen LogP contribution in [0.1, 0.15) is 17.0 Å². The third kappa shape index (κ3) is 1.74. The van der Waals surface area contributed by atoms with Crippen LogP contribution in [0.5, 0.6) is 0 Å². The predicted molar refractivity (Wildman–Crippen MR) is 85.2 cm³/mol. The first-order chi connectivity index (χ1) is 10.4. The van der Waals surface area contributed by atoms with Gasteiger partial charge in [0.05, 0.1) is 5.92 Å². The Hall–Kier alpha value is -2.67. The van der Waals surface area contributed by atoms with Crippen molar-refractivity contribution in [2.45, 2.75) is 5.92 Å². The summed E-state index contributed by atoms with van der Waals surface area (Å²) in [5.74, 6) is -0.160. The molecular formula is C20H14O. The molecule has 1 unspecified atom stereocenters. The van der Waals surface area contributed by atoms with E-state index in [1.807, 2.05) is 30.3 Å². The van der Waals surface area contributed by atoms with Crippen LogP contribution in [0.3, 0.4) is 0 Å². The van der Waals surface area contributed by atoms with Gasteiger partial charge in [-0.25, -0.2) is 0 Å². The molecule has 0 bridgehead atoms. The van der Waals surface area contributed by atoms with Gasteiger partial charge in [-0.1, -0.05) is 72.8 Å². The fourth-order valence-corrected chi connectivity index (χ4v) is 3.31. The van der Waals surface area contributed by atoms with E-state index in [-0.39, 0.29) is 5.92 Å². The Morgan fingerprint density at radius 1 is 0.667 bits per heavy atom. The molecule has 0 amide bonds. The van der Waals surface area contributed by atoms with Gasteiger partial charge in [-0.05, 0) is 33.4 Å². The Morgan fingerprint density at radius 2 is 1.33 bits per heavy atom. The second kappa shape index (κ2) is 4.71. The van der Waals surface area contributed by atoms with Crippen molar-refractivity contribution in [3.63, 3.8) is 0 Å². The number of carbonyl (C=O) groups excluding carboxylic acids is 1. The maximum atomic E-state index is 11.7. The van der Waals surface area contributed by atoms with E-state index in [0.717, 1.165) is 28.5 Å². The third-order valence-corrected chi connectivity index (χ3v) is 4.22.